The van der Waals surface area contributed by atoms with E-state index in [9.17, 15) is 8.42 Å². The van der Waals surface area contributed by atoms with Gasteiger partial charge in [0.25, 0.3) is 0 Å². The van der Waals surface area contributed by atoms with Crippen LogP contribution in [0.5, 0.6) is 0 Å². The zero-order valence-electron chi connectivity index (χ0n) is 4.79. The van der Waals surface area contributed by atoms with E-state index in [0.717, 1.165) is 0 Å². The van der Waals surface area contributed by atoms with Crippen molar-refractivity contribution >= 4 is 10.0 Å². The quantitative estimate of drug-likeness (QED) is 0.575. The molecule has 0 amide bonds. The molecule has 0 heterocycles. The lowest BCUT2D eigenvalue weighted by Gasteiger charge is -2.01. The molecule has 49 valence electrons. The first-order chi connectivity index (χ1) is 3.48. The summed E-state index contributed by atoms with van der Waals surface area (Å²) >= 11 is 0. The van der Waals surface area contributed by atoms with Gasteiger partial charge in [-0.15, -0.1) is 0 Å². The van der Waals surface area contributed by atoms with Crippen LogP contribution in [0.3, 0.4) is 0 Å². The molecule has 1 unspecified atom stereocenters. The Labute approximate surface area is 49.9 Å². The van der Waals surface area contributed by atoms with Crippen LogP contribution in [-0.4, -0.2) is 13.7 Å². The van der Waals surface area contributed by atoms with Crippen LogP contribution in [0.2, 0.25) is 0 Å². The molecule has 0 spiro atoms. The van der Waals surface area contributed by atoms with Crippen molar-refractivity contribution in [2.24, 2.45) is 5.14 Å². The second-order valence-electron chi connectivity index (χ2n) is 1.62. The maximum atomic E-state index is 10.3. The topological polar surface area (TPSA) is 60.2 Å². The Balaban J connectivity index is 4.04. The molecule has 0 aromatic heterocycles. The molecule has 0 rings (SSSR count). The van der Waals surface area contributed by atoms with Crippen LogP contribution >= 0.6 is 0 Å². The Morgan fingerprint density at radius 2 is 2.12 bits per heavy atom. The van der Waals surface area contributed by atoms with Gasteiger partial charge in [-0.05, 0) is 13.3 Å². The Morgan fingerprint density at radius 3 is 2.12 bits per heavy atom. The Hall–Kier alpha value is -0.0900. The van der Waals surface area contributed by atoms with Crippen molar-refractivity contribution in [3.8, 4) is 0 Å². The third kappa shape index (κ3) is 2.28. The zero-order valence-corrected chi connectivity index (χ0v) is 5.61. The summed E-state index contributed by atoms with van der Waals surface area (Å²) in [5, 5.41) is 4.05. The van der Waals surface area contributed by atoms with Crippen molar-refractivity contribution in [2.75, 3.05) is 0 Å². The van der Waals surface area contributed by atoms with E-state index < -0.39 is 15.3 Å². The van der Waals surface area contributed by atoms with E-state index in [1.165, 1.54) is 0 Å². The lowest BCUT2D eigenvalue weighted by molar-refractivity contribution is 0.588. The van der Waals surface area contributed by atoms with Crippen LogP contribution in [0, 0.1) is 6.92 Å². The van der Waals surface area contributed by atoms with Crippen molar-refractivity contribution in [2.45, 2.75) is 18.6 Å². The van der Waals surface area contributed by atoms with Gasteiger partial charge < -0.3 is 0 Å². The lowest BCUT2D eigenvalue weighted by Crippen LogP contribution is -2.24. The summed E-state index contributed by atoms with van der Waals surface area (Å²) in [6, 6.07) is 0. The van der Waals surface area contributed by atoms with Crippen molar-refractivity contribution in [1.29, 1.82) is 0 Å². The van der Waals surface area contributed by atoms with Gasteiger partial charge in [-0.25, -0.2) is 13.6 Å². The number of hydrogen-bond donors (Lipinski definition) is 1. The SMILES string of the molecule is [CH2]C(CC)S(N)(=O)=O. The number of nitrogens with two attached hydrogens (primary N) is 1. The van der Waals surface area contributed by atoms with E-state index in [1.54, 1.807) is 6.92 Å². The highest BCUT2D eigenvalue weighted by atomic mass is 32.2. The average Bonchev–Trinajstić information content (AvgIpc) is 1.62. The van der Waals surface area contributed by atoms with Crippen molar-refractivity contribution in [1.82, 2.24) is 0 Å². The highest BCUT2D eigenvalue weighted by Crippen LogP contribution is 1.96. The van der Waals surface area contributed by atoms with Gasteiger partial charge in [0, 0.05) is 0 Å². The fourth-order valence-corrected chi connectivity index (χ4v) is 0.697. The number of primary sulfonamides is 1. The second kappa shape index (κ2) is 2.46. The standard InChI is InChI=1S/C4H10NO2S/c1-3-4(2)8(5,6)7/h4H,2-3H2,1H3,(H2,5,6,7). The van der Waals surface area contributed by atoms with Gasteiger partial charge in [-0.3, -0.25) is 0 Å². The van der Waals surface area contributed by atoms with Gasteiger partial charge in [0.2, 0.25) is 10.0 Å². The molecule has 1 radical (unpaired) electrons. The molecule has 2 N–H and O–H groups in total. The summed E-state index contributed by atoms with van der Waals surface area (Å²) in [5.74, 6) is 0. The summed E-state index contributed by atoms with van der Waals surface area (Å²) in [5.41, 5.74) is 0. The average molecular weight is 136 g/mol. The summed E-state index contributed by atoms with van der Waals surface area (Å²) in [4.78, 5) is 0. The Morgan fingerprint density at radius 1 is 1.75 bits per heavy atom. The van der Waals surface area contributed by atoms with Crippen LogP contribution in [0.15, 0.2) is 0 Å². The molecule has 1 atom stereocenters. The van der Waals surface area contributed by atoms with Crippen LogP contribution in [-0.2, 0) is 10.0 Å². The first-order valence-corrected chi connectivity index (χ1v) is 3.94. The largest absolute Gasteiger partial charge is 0.228 e. The number of hydrogen-bond acceptors (Lipinski definition) is 2. The number of rotatable bonds is 2. The van der Waals surface area contributed by atoms with Gasteiger partial charge in [-0.1, -0.05) is 6.92 Å². The van der Waals surface area contributed by atoms with Crippen molar-refractivity contribution in [3.05, 3.63) is 6.92 Å². The Kier molecular flexibility index (Phi) is 2.43. The molecule has 0 saturated carbocycles. The minimum absolute atomic E-state index is 0.471. The first kappa shape index (κ1) is 7.91. The van der Waals surface area contributed by atoms with E-state index in [-0.39, 0.29) is 0 Å². The Bertz CT molecular complexity index is 149. The van der Waals surface area contributed by atoms with Crippen molar-refractivity contribution < 1.29 is 8.42 Å². The molecule has 0 aliphatic carbocycles. The highest BCUT2D eigenvalue weighted by Gasteiger charge is 2.11. The summed E-state index contributed by atoms with van der Waals surface area (Å²) in [6.07, 6.45) is 0.471. The van der Waals surface area contributed by atoms with Gasteiger partial charge in [0.1, 0.15) is 0 Å². The molecule has 0 aromatic carbocycles. The molecule has 0 aliphatic heterocycles. The zero-order chi connectivity index (χ0) is 6.78. The second-order valence-corrected chi connectivity index (χ2v) is 3.46. The smallest absolute Gasteiger partial charge is 0.211 e. The molecule has 0 saturated heterocycles. The van der Waals surface area contributed by atoms with Gasteiger partial charge in [0.15, 0.2) is 0 Å². The third-order valence-corrected chi connectivity index (χ3v) is 2.18. The van der Waals surface area contributed by atoms with E-state index >= 15 is 0 Å². The van der Waals surface area contributed by atoms with Crippen molar-refractivity contribution in [3.63, 3.8) is 0 Å². The lowest BCUT2D eigenvalue weighted by atomic mass is 10.4. The summed E-state index contributed by atoms with van der Waals surface area (Å²) in [6.45, 7) is 5.04. The van der Waals surface area contributed by atoms with Crippen LogP contribution < -0.4 is 5.14 Å². The van der Waals surface area contributed by atoms with Gasteiger partial charge >= 0.3 is 0 Å². The molecule has 0 aromatic rings. The van der Waals surface area contributed by atoms with Crippen LogP contribution in [0.25, 0.3) is 0 Å². The van der Waals surface area contributed by atoms with Gasteiger partial charge in [0.05, 0.1) is 5.25 Å². The van der Waals surface area contributed by atoms with E-state index in [4.69, 9.17) is 5.14 Å². The van der Waals surface area contributed by atoms with Gasteiger partial charge in [-0.2, -0.15) is 0 Å². The normalized spacial score (nSPS) is 15.9. The fraction of sp³-hybridized carbons (Fsp3) is 0.750. The highest BCUT2D eigenvalue weighted by molar-refractivity contribution is 7.89. The molecule has 0 fully saturated rings. The molecule has 8 heavy (non-hydrogen) atoms. The molecular weight excluding hydrogens is 126 g/mol. The molecule has 3 nitrogen and oxygen atoms in total. The minimum atomic E-state index is -3.36. The monoisotopic (exact) mass is 136 g/mol. The van der Waals surface area contributed by atoms with Crippen LogP contribution in [0.1, 0.15) is 13.3 Å². The molecular formula is C4H10NO2S. The third-order valence-electron chi connectivity index (χ3n) is 0.920. The summed E-state index contributed by atoms with van der Waals surface area (Å²) < 4.78 is 20.6. The summed E-state index contributed by atoms with van der Waals surface area (Å²) in [7, 11) is -3.36. The van der Waals surface area contributed by atoms with E-state index in [2.05, 4.69) is 6.92 Å². The van der Waals surface area contributed by atoms with Crippen LogP contribution in [0.4, 0.5) is 0 Å². The number of sulfonamides is 1. The molecule has 4 heteroatoms. The maximum Gasteiger partial charge on any atom is 0.211 e. The maximum absolute atomic E-state index is 10.3. The predicted octanol–water partition coefficient (Wildman–Crippen LogP) is -0.112. The molecule has 0 bridgehead atoms. The first-order valence-electron chi connectivity index (χ1n) is 2.33. The molecule has 0 aliphatic rings. The fourth-order valence-electron chi connectivity index (χ4n) is 0.232. The predicted molar refractivity (Wildman–Crippen MR) is 32.5 cm³/mol. The minimum Gasteiger partial charge on any atom is -0.228 e. The van der Waals surface area contributed by atoms with E-state index in [1.807, 2.05) is 0 Å². The van der Waals surface area contributed by atoms with E-state index in [0.29, 0.717) is 6.42 Å².